The van der Waals surface area contributed by atoms with Crippen molar-refractivity contribution in [1.82, 2.24) is 0 Å². The maximum Gasteiger partial charge on any atom is 0.0215 e. The van der Waals surface area contributed by atoms with E-state index in [1.807, 2.05) is 0 Å². The zero-order chi connectivity index (χ0) is 10.9. The third-order valence-electron chi connectivity index (χ3n) is 3.63. The summed E-state index contributed by atoms with van der Waals surface area (Å²) in [5.74, 6) is 0. The number of halogens is 1. The van der Waals surface area contributed by atoms with Crippen molar-refractivity contribution in [3.63, 3.8) is 0 Å². The molecule has 0 amide bonds. The fourth-order valence-electron chi connectivity index (χ4n) is 2.58. The smallest absolute Gasteiger partial charge is 0.0215 e. The summed E-state index contributed by atoms with van der Waals surface area (Å²) in [5.41, 5.74) is 8.88. The Labute approximate surface area is 100 Å². The summed E-state index contributed by atoms with van der Waals surface area (Å²) in [7, 11) is 0. The van der Waals surface area contributed by atoms with Crippen LogP contribution in [0.25, 0.3) is 0 Å². The van der Waals surface area contributed by atoms with Crippen LogP contribution in [0.4, 0.5) is 0 Å². The number of rotatable bonds is 3. The lowest BCUT2D eigenvalue weighted by Gasteiger charge is -2.43. The largest absolute Gasteiger partial charge is 0.330 e. The van der Waals surface area contributed by atoms with Gasteiger partial charge in [-0.25, -0.2) is 0 Å². The first-order valence-corrected chi connectivity index (χ1v) is 6.44. The summed E-state index contributed by atoms with van der Waals surface area (Å²) in [6.45, 7) is 2.92. The van der Waals surface area contributed by atoms with Crippen molar-refractivity contribution in [1.29, 1.82) is 0 Å². The van der Waals surface area contributed by atoms with Crippen molar-refractivity contribution < 1.29 is 0 Å². The van der Waals surface area contributed by atoms with Crippen molar-refractivity contribution in [2.45, 2.75) is 38.0 Å². The van der Waals surface area contributed by atoms with Gasteiger partial charge in [-0.15, -0.1) is 0 Å². The minimum absolute atomic E-state index is 0.376. The predicted molar refractivity (Wildman–Crippen MR) is 68.1 cm³/mol. The number of benzene rings is 1. The Kier molecular flexibility index (Phi) is 3.17. The van der Waals surface area contributed by atoms with Gasteiger partial charge in [0.15, 0.2) is 0 Å². The molecule has 2 rings (SSSR count). The quantitative estimate of drug-likeness (QED) is 0.891. The van der Waals surface area contributed by atoms with E-state index in [9.17, 15) is 0 Å². The Balaban J connectivity index is 2.34. The van der Waals surface area contributed by atoms with Gasteiger partial charge in [-0.2, -0.15) is 0 Å². The van der Waals surface area contributed by atoms with Gasteiger partial charge in [0, 0.05) is 4.47 Å². The highest BCUT2D eigenvalue weighted by molar-refractivity contribution is 9.10. The van der Waals surface area contributed by atoms with Crippen LogP contribution in [0.1, 0.15) is 36.8 Å². The maximum absolute atomic E-state index is 5.73. The van der Waals surface area contributed by atoms with E-state index in [1.54, 1.807) is 0 Å². The van der Waals surface area contributed by atoms with Crippen LogP contribution in [0.15, 0.2) is 22.7 Å². The Morgan fingerprint density at radius 2 is 2.13 bits per heavy atom. The molecule has 1 aliphatic rings. The van der Waals surface area contributed by atoms with E-state index in [4.69, 9.17) is 5.73 Å². The molecule has 1 aromatic carbocycles. The second-order valence-corrected chi connectivity index (χ2v) is 5.51. The molecule has 1 aliphatic carbocycles. The molecule has 1 fully saturated rings. The number of hydrogen-bond acceptors (Lipinski definition) is 1. The SMILES string of the molecule is Cc1ccc(C2(CCN)CCC2)c(Br)c1. The molecular weight excluding hydrogens is 250 g/mol. The van der Waals surface area contributed by atoms with E-state index < -0.39 is 0 Å². The van der Waals surface area contributed by atoms with Crippen LogP contribution < -0.4 is 5.73 Å². The molecule has 2 N–H and O–H groups in total. The van der Waals surface area contributed by atoms with E-state index in [0.717, 1.165) is 13.0 Å². The second-order valence-electron chi connectivity index (χ2n) is 4.66. The molecule has 82 valence electrons. The van der Waals surface area contributed by atoms with Gasteiger partial charge in [0.25, 0.3) is 0 Å². The third-order valence-corrected chi connectivity index (χ3v) is 4.29. The van der Waals surface area contributed by atoms with E-state index in [-0.39, 0.29) is 0 Å². The van der Waals surface area contributed by atoms with E-state index >= 15 is 0 Å². The predicted octanol–water partition coefficient (Wildman–Crippen LogP) is 3.53. The third kappa shape index (κ3) is 1.98. The molecule has 0 spiro atoms. The van der Waals surface area contributed by atoms with Gasteiger partial charge in [0.05, 0.1) is 0 Å². The molecule has 15 heavy (non-hydrogen) atoms. The van der Waals surface area contributed by atoms with Gasteiger partial charge < -0.3 is 5.73 Å². The molecule has 0 radical (unpaired) electrons. The van der Waals surface area contributed by atoms with E-state index in [1.165, 1.54) is 34.9 Å². The van der Waals surface area contributed by atoms with Gasteiger partial charge in [-0.05, 0) is 55.3 Å². The summed E-state index contributed by atoms with van der Waals surface area (Å²) in [4.78, 5) is 0. The highest BCUT2D eigenvalue weighted by Crippen LogP contribution is 2.48. The summed E-state index contributed by atoms with van der Waals surface area (Å²) in [5, 5.41) is 0. The van der Waals surface area contributed by atoms with Crippen molar-refractivity contribution >= 4 is 15.9 Å². The van der Waals surface area contributed by atoms with Crippen LogP contribution in [0.3, 0.4) is 0 Å². The fourth-order valence-corrected chi connectivity index (χ4v) is 3.50. The molecule has 0 aromatic heterocycles. The van der Waals surface area contributed by atoms with Crippen molar-refractivity contribution in [2.24, 2.45) is 5.73 Å². The van der Waals surface area contributed by atoms with Crippen LogP contribution in [0.5, 0.6) is 0 Å². The van der Waals surface area contributed by atoms with Crippen LogP contribution in [0.2, 0.25) is 0 Å². The average Bonchev–Trinajstić information content (AvgIpc) is 2.12. The standard InChI is InChI=1S/C13H18BrN/c1-10-3-4-11(12(14)9-10)13(7-8-15)5-2-6-13/h3-4,9H,2,5-8,15H2,1H3. The highest BCUT2D eigenvalue weighted by atomic mass is 79.9. The monoisotopic (exact) mass is 267 g/mol. The van der Waals surface area contributed by atoms with Crippen molar-refractivity contribution in [3.05, 3.63) is 33.8 Å². The average molecular weight is 268 g/mol. The first kappa shape index (κ1) is 11.2. The highest BCUT2D eigenvalue weighted by Gasteiger charge is 2.38. The number of aryl methyl sites for hydroxylation is 1. The summed E-state index contributed by atoms with van der Waals surface area (Å²) in [6, 6.07) is 6.69. The Hall–Kier alpha value is -0.340. The van der Waals surface area contributed by atoms with Gasteiger partial charge in [-0.3, -0.25) is 0 Å². The molecule has 0 aliphatic heterocycles. The molecule has 0 heterocycles. The first-order chi connectivity index (χ1) is 7.18. The number of hydrogen-bond donors (Lipinski definition) is 1. The van der Waals surface area contributed by atoms with Crippen molar-refractivity contribution in [3.8, 4) is 0 Å². The van der Waals surface area contributed by atoms with Gasteiger partial charge in [0.1, 0.15) is 0 Å². The Morgan fingerprint density at radius 1 is 1.40 bits per heavy atom. The molecule has 0 unspecified atom stereocenters. The summed E-state index contributed by atoms with van der Waals surface area (Å²) < 4.78 is 1.26. The first-order valence-electron chi connectivity index (χ1n) is 5.65. The van der Waals surface area contributed by atoms with E-state index in [0.29, 0.717) is 5.41 Å². The molecular formula is C13H18BrN. The summed E-state index contributed by atoms with van der Waals surface area (Å²) >= 11 is 3.69. The van der Waals surface area contributed by atoms with Crippen LogP contribution in [-0.2, 0) is 5.41 Å². The van der Waals surface area contributed by atoms with E-state index in [2.05, 4.69) is 41.1 Å². The second kappa shape index (κ2) is 4.26. The minimum atomic E-state index is 0.376. The Morgan fingerprint density at radius 3 is 2.60 bits per heavy atom. The van der Waals surface area contributed by atoms with Crippen molar-refractivity contribution in [2.75, 3.05) is 6.54 Å². The molecule has 1 nitrogen and oxygen atoms in total. The van der Waals surface area contributed by atoms with Crippen LogP contribution in [0, 0.1) is 6.92 Å². The summed E-state index contributed by atoms with van der Waals surface area (Å²) in [6.07, 6.45) is 5.06. The zero-order valence-corrected chi connectivity index (χ0v) is 10.8. The topological polar surface area (TPSA) is 26.0 Å². The molecule has 1 aromatic rings. The molecule has 2 heteroatoms. The normalized spacial score (nSPS) is 18.6. The molecule has 1 saturated carbocycles. The molecule has 0 saturated heterocycles. The molecule has 0 bridgehead atoms. The fraction of sp³-hybridized carbons (Fsp3) is 0.538. The maximum atomic E-state index is 5.73. The van der Waals surface area contributed by atoms with Gasteiger partial charge in [0.2, 0.25) is 0 Å². The lowest BCUT2D eigenvalue weighted by Crippen LogP contribution is -2.36. The number of nitrogens with two attached hydrogens (primary N) is 1. The lowest BCUT2D eigenvalue weighted by molar-refractivity contribution is 0.228. The Bertz CT molecular complexity index is 356. The molecule has 0 atom stereocenters. The van der Waals surface area contributed by atoms with Crippen LogP contribution >= 0.6 is 15.9 Å². The van der Waals surface area contributed by atoms with Crippen LogP contribution in [-0.4, -0.2) is 6.54 Å². The lowest BCUT2D eigenvalue weighted by atomic mass is 9.62. The minimum Gasteiger partial charge on any atom is -0.330 e. The van der Waals surface area contributed by atoms with Gasteiger partial charge in [-0.1, -0.05) is 34.5 Å². The zero-order valence-electron chi connectivity index (χ0n) is 9.22. The van der Waals surface area contributed by atoms with Gasteiger partial charge >= 0.3 is 0 Å².